The highest BCUT2D eigenvalue weighted by Gasteiger charge is 2.15. The van der Waals surface area contributed by atoms with E-state index in [9.17, 15) is 4.57 Å². The summed E-state index contributed by atoms with van der Waals surface area (Å²) in [6.07, 6.45) is 0. The SMILES string of the molecule is CCSP(=O)(Cl)OC. The van der Waals surface area contributed by atoms with Crippen molar-refractivity contribution in [1.29, 1.82) is 0 Å². The maximum atomic E-state index is 10.7. The first-order valence-corrected chi connectivity index (χ1v) is 6.24. The average Bonchev–Trinajstić information content (AvgIpc) is 1.67. The zero-order valence-electron chi connectivity index (χ0n) is 4.76. The second-order valence-corrected chi connectivity index (χ2v) is 7.25. The maximum Gasteiger partial charge on any atom is 0.346 e. The van der Waals surface area contributed by atoms with Crippen LogP contribution in [-0.2, 0) is 9.09 Å². The summed E-state index contributed by atoms with van der Waals surface area (Å²) in [6.45, 7) is 1.87. The first kappa shape index (κ1) is 8.83. The van der Waals surface area contributed by atoms with Crippen molar-refractivity contribution >= 4 is 28.5 Å². The van der Waals surface area contributed by atoms with Crippen LogP contribution in [0.4, 0.5) is 0 Å². The second kappa shape index (κ2) is 3.78. The van der Waals surface area contributed by atoms with E-state index in [-0.39, 0.29) is 0 Å². The maximum absolute atomic E-state index is 10.7. The van der Waals surface area contributed by atoms with E-state index in [4.69, 9.17) is 11.2 Å². The summed E-state index contributed by atoms with van der Waals surface area (Å²) in [5.41, 5.74) is 0. The molecule has 0 fully saturated rings. The van der Waals surface area contributed by atoms with Crippen LogP contribution in [0.5, 0.6) is 0 Å². The van der Waals surface area contributed by atoms with Gasteiger partial charge in [-0.3, -0.25) is 4.57 Å². The number of hydrogen-bond donors (Lipinski definition) is 0. The first-order chi connectivity index (χ1) is 3.62. The van der Waals surface area contributed by atoms with Crippen LogP contribution >= 0.6 is 28.5 Å². The lowest BCUT2D eigenvalue weighted by Gasteiger charge is -2.02. The smallest absolute Gasteiger partial charge is 0.313 e. The lowest BCUT2D eigenvalue weighted by atomic mass is 11.0. The van der Waals surface area contributed by atoms with Gasteiger partial charge in [0.05, 0.1) is 0 Å². The van der Waals surface area contributed by atoms with E-state index in [2.05, 4.69) is 4.52 Å². The molecule has 2 nitrogen and oxygen atoms in total. The van der Waals surface area contributed by atoms with E-state index in [1.165, 1.54) is 7.11 Å². The van der Waals surface area contributed by atoms with E-state index in [1.807, 2.05) is 6.92 Å². The zero-order valence-corrected chi connectivity index (χ0v) is 7.22. The quantitative estimate of drug-likeness (QED) is 0.616. The molecule has 0 aromatic rings. The van der Waals surface area contributed by atoms with Gasteiger partial charge >= 0.3 is 5.92 Å². The Bertz CT molecular complexity index is 107. The first-order valence-electron chi connectivity index (χ1n) is 2.12. The van der Waals surface area contributed by atoms with Crippen LogP contribution in [0.15, 0.2) is 0 Å². The number of hydrogen-bond acceptors (Lipinski definition) is 3. The minimum Gasteiger partial charge on any atom is -0.313 e. The Morgan fingerprint density at radius 2 is 2.38 bits per heavy atom. The van der Waals surface area contributed by atoms with Gasteiger partial charge < -0.3 is 4.52 Å². The van der Waals surface area contributed by atoms with E-state index in [0.29, 0.717) is 5.75 Å². The molecule has 0 aromatic carbocycles. The normalized spacial score (nSPS) is 17.9. The third kappa shape index (κ3) is 3.79. The van der Waals surface area contributed by atoms with Crippen LogP contribution in [0.3, 0.4) is 0 Å². The average molecular weight is 175 g/mol. The molecule has 50 valence electrons. The van der Waals surface area contributed by atoms with Crippen LogP contribution in [-0.4, -0.2) is 12.9 Å². The van der Waals surface area contributed by atoms with Gasteiger partial charge in [0.15, 0.2) is 0 Å². The van der Waals surface area contributed by atoms with Crippen molar-refractivity contribution in [3.63, 3.8) is 0 Å². The monoisotopic (exact) mass is 174 g/mol. The molecule has 8 heavy (non-hydrogen) atoms. The lowest BCUT2D eigenvalue weighted by molar-refractivity contribution is 0.423. The molecule has 0 N–H and O–H groups in total. The molecule has 1 atom stereocenters. The predicted molar refractivity (Wildman–Crippen MR) is 38.6 cm³/mol. The Kier molecular flexibility index (Phi) is 4.17. The number of halogens is 1. The van der Waals surface area contributed by atoms with Crippen molar-refractivity contribution in [3.05, 3.63) is 0 Å². The molecule has 1 unspecified atom stereocenters. The molecule has 0 aromatic heterocycles. The van der Waals surface area contributed by atoms with Gasteiger partial charge in [-0.15, -0.1) is 0 Å². The Morgan fingerprint density at radius 3 is 2.50 bits per heavy atom. The van der Waals surface area contributed by atoms with Crippen molar-refractivity contribution in [2.45, 2.75) is 6.92 Å². The van der Waals surface area contributed by atoms with E-state index < -0.39 is 5.92 Å². The summed E-state index contributed by atoms with van der Waals surface area (Å²) in [7, 11) is 1.34. The molecule has 0 spiro atoms. The topological polar surface area (TPSA) is 26.3 Å². The molecule has 0 rings (SSSR count). The van der Waals surface area contributed by atoms with Crippen molar-refractivity contribution in [2.75, 3.05) is 12.9 Å². The molecular weight excluding hydrogens is 167 g/mol. The molecule has 0 radical (unpaired) electrons. The lowest BCUT2D eigenvalue weighted by Crippen LogP contribution is -1.69. The van der Waals surface area contributed by atoms with Crippen LogP contribution in [0, 0.1) is 0 Å². The highest BCUT2D eigenvalue weighted by molar-refractivity contribution is 8.63. The minimum absolute atomic E-state index is 0.717. The molecule has 0 aliphatic carbocycles. The van der Waals surface area contributed by atoms with Gasteiger partial charge in [0.1, 0.15) is 0 Å². The molecule has 0 bridgehead atoms. The van der Waals surface area contributed by atoms with Gasteiger partial charge in [0, 0.05) is 12.9 Å². The van der Waals surface area contributed by atoms with Gasteiger partial charge in [-0.1, -0.05) is 18.3 Å². The van der Waals surface area contributed by atoms with E-state index in [1.54, 1.807) is 0 Å². The molecule has 0 saturated carbocycles. The zero-order chi connectivity index (χ0) is 6.62. The Labute approximate surface area is 57.9 Å². The van der Waals surface area contributed by atoms with Crippen molar-refractivity contribution in [3.8, 4) is 0 Å². The molecule has 0 saturated heterocycles. The molecular formula is C3H8ClO2PS. The van der Waals surface area contributed by atoms with Crippen LogP contribution < -0.4 is 0 Å². The summed E-state index contributed by atoms with van der Waals surface area (Å²) in [6, 6.07) is 0. The predicted octanol–water partition coefficient (Wildman–Crippen LogP) is 2.73. The highest BCUT2D eigenvalue weighted by atomic mass is 35.7. The van der Waals surface area contributed by atoms with E-state index in [0.717, 1.165) is 11.4 Å². The molecule has 0 heterocycles. The van der Waals surface area contributed by atoms with Gasteiger partial charge in [-0.25, -0.2) is 0 Å². The van der Waals surface area contributed by atoms with Crippen molar-refractivity contribution in [2.24, 2.45) is 0 Å². The fourth-order valence-corrected chi connectivity index (χ4v) is 2.74. The second-order valence-electron chi connectivity index (χ2n) is 1.03. The Hall–Kier alpha value is 0.830. The molecule has 0 amide bonds. The van der Waals surface area contributed by atoms with Crippen molar-refractivity contribution in [1.82, 2.24) is 0 Å². The summed E-state index contributed by atoms with van der Waals surface area (Å²) in [5.74, 6) is -2.07. The minimum atomic E-state index is -2.78. The Morgan fingerprint density at radius 1 is 1.88 bits per heavy atom. The number of rotatable bonds is 3. The summed E-state index contributed by atoms with van der Waals surface area (Å²) >= 11 is 6.45. The Balaban J connectivity index is 3.55. The van der Waals surface area contributed by atoms with Gasteiger partial charge in [-0.05, 0) is 11.2 Å². The van der Waals surface area contributed by atoms with Gasteiger partial charge in [0.25, 0.3) is 0 Å². The van der Waals surface area contributed by atoms with Crippen LogP contribution in [0.1, 0.15) is 6.92 Å². The molecule has 0 aliphatic rings. The van der Waals surface area contributed by atoms with Crippen LogP contribution in [0.2, 0.25) is 0 Å². The third-order valence-corrected chi connectivity index (χ3v) is 4.94. The highest BCUT2D eigenvalue weighted by Crippen LogP contribution is 2.63. The fourth-order valence-electron chi connectivity index (χ4n) is 0.207. The summed E-state index contributed by atoms with van der Waals surface area (Å²) < 4.78 is 15.2. The summed E-state index contributed by atoms with van der Waals surface area (Å²) in [5, 5.41) is 0. The van der Waals surface area contributed by atoms with Crippen LogP contribution in [0.25, 0.3) is 0 Å². The van der Waals surface area contributed by atoms with Gasteiger partial charge in [-0.2, -0.15) is 0 Å². The fraction of sp³-hybridized carbons (Fsp3) is 1.00. The molecule has 5 heteroatoms. The van der Waals surface area contributed by atoms with E-state index >= 15 is 0 Å². The third-order valence-electron chi connectivity index (χ3n) is 0.501. The standard InChI is InChI=1S/C3H8ClO2PS/c1-3-8-7(4,5)6-2/h3H2,1-2H3. The van der Waals surface area contributed by atoms with Gasteiger partial charge in [0.2, 0.25) is 0 Å². The summed E-state index contributed by atoms with van der Waals surface area (Å²) in [4.78, 5) is 0. The largest absolute Gasteiger partial charge is 0.346 e. The van der Waals surface area contributed by atoms with Crippen molar-refractivity contribution < 1.29 is 9.09 Å². The molecule has 0 aliphatic heterocycles.